The van der Waals surface area contributed by atoms with Gasteiger partial charge in [0, 0.05) is 25.9 Å². The fourth-order valence-corrected chi connectivity index (χ4v) is 2.23. The van der Waals surface area contributed by atoms with Gasteiger partial charge in [-0.1, -0.05) is 18.2 Å². The number of carbonyl (C=O) groups excluding carboxylic acids is 2. The van der Waals surface area contributed by atoms with Crippen LogP contribution < -0.4 is 0 Å². The Morgan fingerprint density at radius 3 is 2.35 bits per heavy atom. The third-order valence-electron chi connectivity index (χ3n) is 3.34. The second-order valence-electron chi connectivity index (χ2n) is 4.75. The van der Waals surface area contributed by atoms with Crippen molar-refractivity contribution in [3.8, 4) is 0 Å². The van der Waals surface area contributed by atoms with Gasteiger partial charge in [-0.05, 0) is 11.6 Å². The van der Waals surface area contributed by atoms with Gasteiger partial charge in [-0.3, -0.25) is 9.59 Å². The molecule has 1 aliphatic heterocycles. The highest BCUT2D eigenvalue weighted by molar-refractivity contribution is 5.84. The SMILES string of the molecule is O=C1CCN(C(=O)Cc2ccccc2C(F)(F)F)CC1. The van der Waals surface area contributed by atoms with Crippen LogP contribution in [0.25, 0.3) is 0 Å². The third-order valence-corrected chi connectivity index (χ3v) is 3.34. The molecule has 1 saturated heterocycles. The molecule has 1 aromatic rings. The largest absolute Gasteiger partial charge is 0.416 e. The number of rotatable bonds is 2. The van der Waals surface area contributed by atoms with E-state index in [1.165, 1.54) is 23.1 Å². The number of piperidine rings is 1. The van der Waals surface area contributed by atoms with Crippen LogP contribution in [0.3, 0.4) is 0 Å². The van der Waals surface area contributed by atoms with E-state index in [2.05, 4.69) is 0 Å². The van der Waals surface area contributed by atoms with Crippen molar-refractivity contribution in [2.75, 3.05) is 13.1 Å². The molecule has 20 heavy (non-hydrogen) atoms. The molecule has 1 aromatic carbocycles. The summed E-state index contributed by atoms with van der Waals surface area (Å²) in [6, 6.07) is 5.08. The van der Waals surface area contributed by atoms with Crippen molar-refractivity contribution in [3.63, 3.8) is 0 Å². The van der Waals surface area contributed by atoms with Crippen LogP contribution in [0, 0.1) is 0 Å². The minimum atomic E-state index is -4.46. The van der Waals surface area contributed by atoms with Crippen LogP contribution in [0.2, 0.25) is 0 Å². The first-order valence-corrected chi connectivity index (χ1v) is 6.32. The number of alkyl halides is 3. The predicted molar refractivity (Wildman–Crippen MR) is 66.0 cm³/mol. The summed E-state index contributed by atoms with van der Waals surface area (Å²) in [6.45, 7) is 0.595. The number of halogens is 3. The lowest BCUT2D eigenvalue weighted by Crippen LogP contribution is -2.39. The zero-order valence-corrected chi connectivity index (χ0v) is 10.7. The van der Waals surface area contributed by atoms with Gasteiger partial charge in [-0.15, -0.1) is 0 Å². The molecule has 0 bridgehead atoms. The van der Waals surface area contributed by atoms with Crippen LogP contribution in [0.15, 0.2) is 24.3 Å². The van der Waals surface area contributed by atoms with E-state index >= 15 is 0 Å². The second-order valence-corrected chi connectivity index (χ2v) is 4.75. The molecule has 1 amide bonds. The average Bonchev–Trinajstić information content (AvgIpc) is 2.38. The summed E-state index contributed by atoms with van der Waals surface area (Å²) in [5.74, 6) is -0.279. The normalized spacial score (nSPS) is 16.4. The highest BCUT2D eigenvalue weighted by atomic mass is 19.4. The van der Waals surface area contributed by atoms with Gasteiger partial charge in [-0.2, -0.15) is 13.2 Å². The highest BCUT2D eigenvalue weighted by Crippen LogP contribution is 2.32. The summed E-state index contributed by atoms with van der Waals surface area (Å²) in [5, 5.41) is 0. The van der Waals surface area contributed by atoms with Crippen molar-refractivity contribution in [1.29, 1.82) is 0 Å². The Balaban J connectivity index is 2.10. The molecule has 0 unspecified atom stereocenters. The van der Waals surface area contributed by atoms with Gasteiger partial charge in [0.1, 0.15) is 5.78 Å². The van der Waals surface area contributed by atoms with E-state index in [1.54, 1.807) is 0 Å². The van der Waals surface area contributed by atoms with Crippen LogP contribution in [-0.2, 0) is 22.2 Å². The van der Waals surface area contributed by atoms with Crippen molar-refractivity contribution in [3.05, 3.63) is 35.4 Å². The monoisotopic (exact) mass is 285 g/mol. The maximum Gasteiger partial charge on any atom is 0.416 e. The Labute approximate surface area is 114 Å². The first-order chi connectivity index (χ1) is 9.38. The quantitative estimate of drug-likeness (QED) is 0.837. The maximum absolute atomic E-state index is 12.8. The maximum atomic E-state index is 12.8. The molecule has 0 spiro atoms. The van der Waals surface area contributed by atoms with Crippen molar-refractivity contribution in [1.82, 2.24) is 4.90 Å². The van der Waals surface area contributed by atoms with Crippen molar-refractivity contribution in [2.24, 2.45) is 0 Å². The average molecular weight is 285 g/mol. The number of ketones is 1. The predicted octanol–water partition coefficient (Wildman–Crippen LogP) is 2.44. The second kappa shape index (κ2) is 5.64. The number of hydrogen-bond acceptors (Lipinski definition) is 2. The molecule has 0 radical (unpaired) electrons. The first kappa shape index (κ1) is 14.6. The van der Waals surface area contributed by atoms with Gasteiger partial charge in [0.05, 0.1) is 12.0 Å². The van der Waals surface area contributed by atoms with Crippen LogP contribution in [0.4, 0.5) is 13.2 Å². The smallest absolute Gasteiger partial charge is 0.342 e. The molecule has 2 rings (SSSR count). The summed E-state index contributed by atoms with van der Waals surface area (Å²) in [5.41, 5.74) is -0.802. The van der Waals surface area contributed by atoms with E-state index in [0.29, 0.717) is 13.1 Å². The van der Waals surface area contributed by atoms with Crippen LogP contribution in [0.5, 0.6) is 0 Å². The number of carbonyl (C=O) groups is 2. The molecule has 6 heteroatoms. The van der Waals surface area contributed by atoms with E-state index in [4.69, 9.17) is 0 Å². The van der Waals surface area contributed by atoms with Gasteiger partial charge >= 0.3 is 6.18 Å². The van der Waals surface area contributed by atoms with Gasteiger partial charge in [-0.25, -0.2) is 0 Å². The summed E-state index contributed by atoms with van der Waals surface area (Å²) in [6.07, 6.45) is -4.18. The van der Waals surface area contributed by atoms with Gasteiger partial charge in [0.2, 0.25) is 5.91 Å². The van der Waals surface area contributed by atoms with E-state index in [9.17, 15) is 22.8 Å². The summed E-state index contributed by atoms with van der Waals surface area (Å²) >= 11 is 0. The molecule has 0 aromatic heterocycles. The number of Topliss-reactive ketones (excluding diaryl/α,β-unsaturated/α-hetero) is 1. The molecule has 1 fully saturated rings. The number of benzene rings is 1. The summed E-state index contributed by atoms with van der Waals surface area (Å²) in [7, 11) is 0. The zero-order valence-electron chi connectivity index (χ0n) is 10.7. The Hall–Kier alpha value is -1.85. The van der Waals surface area contributed by atoms with Crippen LogP contribution >= 0.6 is 0 Å². The van der Waals surface area contributed by atoms with Crippen LogP contribution in [-0.4, -0.2) is 29.7 Å². The van der Waals surface area contributed by atoms with Gasteiger partial charge in [0.15, 0.2) is 0 Å². The Kier molecular flexibility index (Phi) is 4.11. The minimum absolute atomic E-state index is 0.0260. The Morgan fingerprint density at radius 1 is 1.15 bits per heavy atom. The van der Waals surface area contributed by atoms with E-state index in [0.717, 1.165) is 6.07 Å². The molecule has 1 heterocycles. The van der Waals surface area contributed by atoms with E-state index < -0.39 is 11.7 Å². The third kappa shape index (κ3) is 3.37. The van der Waals surface area contributed by atoms with Crippen LogP contribution in [0.1, 0.15) is 24.0 Å². The lowest BCUT2D eigenvalue weighted by Gasteiger charge is -2.26. The number of nitrogens with zero attached hydrogens (tertiary/aromatic N) is 1. The molecular weight excluding hydrogens is 271 g/mol. The fraction of sp³-hybridized carbons (Fsp3) is 0.429. The van der Waals surface area contributed by atoms with Crippen molar-refractivity contribution < 1.29 is 22.8 Å². The van der Waals surface area contributed by atoms with Gasteiger partial charge in [0.25, 0.3) is 0 Å². The zero-order chi connectivity index (χ0) is 14.8. The standard InChI is InChI=1S/C14H14F3NO2/c15-14(16,17)12-4-2-1-3-10(12)9-13(20)18-7-5-11(19)6-8-18/h1-4H,5-9H2. The Morgan fingerprint density at radius 2 is 1.75 bits per heavy atom. The van der Waals surface area contributed by atoms with E-state index in [1.807, 2.05) is 0 Å². The lowest BCUT2D eigenvalue weighted by molar-refractivity contribution is -0.138. The number of likely N-dealkylation sites (tertiary alicyclic amines) is 1. The molecule has 1 aliphatic rings. The van der Waals surface area contributed by atoms with E-state index in [-0.39, 0.29) is 36.5 Å². The number of hydrogen-bond donors (Lipinski definition) is 0. The molecule has 0 atom stereocenters. The summed E-state index contributed by atoms with van der Waals surface area (Å²) in [4.78, 5) is 24.5. The topological polar surface area (TPSA) is 37.4 Å². The molecule has 0 aliphatic carbocycles. The molecular formula is C14H14F3NO2. The highest BCUT2D eigenvalue weighted by Gasteiger charge is 2.33. The lowest BCUT2D eigenvalue weighted by atomic mass is 10.0. The fourth-order valence-electron chi connectivity index (χ4n) is 2.23. The molecule has 108 valence electrons. The summed E-state index contributed by atoms with van der Waals surface area (Å²) < 4.78 is 38.5. The molecule has 3 nitrogen and oxygen atoms in total. The van der Waals surface area contributed by atoms with Crippen molar-refractivity contribution >= 4 is 11.7 Å². The first-order valence-electron chi connectivity index (χ1n) is 6.32. The molecule has 0 N–H and O–H groups in total. The van der Waals surface area contributed by atoms with Crippen molar-refractivity contribution in [2.45, 2.75) is 25.4 Å². The molecule has 0 saturated carbocycles. The Bertz CT molecular complexity index is 515. The number of amides is 1. The van der Waals surface area contributed by atoms with Gasteiger partial charge < -0.3 is 4.90 Å². The minimum Gasteiger partial charge on any atom is -0.342 e.